The molecule has 0 radical (unpaired) electrons. The predicted molar refractivity (Wildman–Crippen MR) is 172 cm³/mol. The van der Waals surface area contributed by atoms with Crippen molar-refractivity contribution in [3.05, 3.63) is 152 Å². The van der Waals surface area contributed by atoms with Gasteiger partial charge in [0.15, 0.2) is 12.4 Å². The number of pyridine rings is 3. The van der Waals surface area contributed by atoms with Gasteiger partial charge in [-0.05, 0) is 58.6 Å². The fraction of sp³-hybridized carbons (Fsp3) is 0. The number of nitrogens with zero attached hydrogens (tertiary/aromatic N) is 3. The van der Waals surface area contributed by atoms with Crippen molar-refractivity contribution >= 4 is 65.0 Å². The summed E-state index contributed by atoms with van der Waals surface area (Å²) in [6.07, 6.45) is 6.25. The molecule has 0 fully saturated rings. The maximum absolute atomic E-state index is 4.82. The van der Waals surface area contributed by atoms with Gasteiger partial charge in [0.05, 0.1) is 21.5 Å². The zero-order valence-electron chi connectivity index (χ0n) is 22.8. The molecular formula is C39H25N3+2. The van der Waals surface area contributed by atoms with Gasteiger partial charge in [0.2, 0.25) is 22.4 Å². The van der Waals surface area contributed by atoms with Gasteiger partial charge in [-0.25, -0.2) is 4.98 Å². The Bertz CT molecular complexity index is 2520. The van der Waals surface area contributed by atoms with E-state index >= 15 is 0 Å². The molecule has 194 valence electrons. The van der Waals surface area contributed by atoms with E-state index in [9.17, 15) is 0 Å². The highest BCUT2D eigenvalue weighted by molar-refractivity contribution is 6.12. The topological polar surface area (TPSA) is 20.6 Å². The van der Waals surface area contributed by atoms with E-state index in [1.165, 1.54) is 54.3 Å². The maximum atomic E-state index is 4.82. The summed E-state index contributed by atoms with van der Waals surface area (Å²) in [4.78, 5) is 4.82. The Morgan fingerprint density at radius 1 is 0.381 bits per heavy atom. The Hall–Kier alpha value is -5.67. The van der Waals surface area contributed by atoms with Crippen LogP contribution in [0.1, 0.15) is 0 Å². The van der Waals surface area contributed by atoms with Crippen LogP contribution in [0.4, 0.5) is 0 Å². The Labute approximate surface area is 242 Å². The highest BCUT2D eigenvalue weighted by atomic mass is 15.0. The largest absolute Gasteiger partial charge is 0.249 e. The summed E-state index contributed by atoms with van der Waals surface area (Å²) in [7, 11) is 0. The molecule has 9 aromatic rings. The molecule has 0 N–H and O–H groups in total. The zero-order valence-corrected chi connectivity index (χ0v) is 22.8. The lowest BCUT2D eigenvalue weighted by molar-refractivity contribution is -0.566. The smallest absolute Gasteiger partial charge is 0.244 e. The van der Waals surface area contributed by atoms with E-state index in [2.05, 4.69) is 149 Å². The molecule has 0 unspecified atom stereocenters. The molecule has 0 amide bonds. The third-order valence-corrected chi connectivity index (χ3v) is 8.57. The first-order valence-corrected chi connectivity index (χ1v) is 14.3. The van der Waals surface area contributed by atoms with Crippen molar-refractivity contribution in [3.63, 3.8) is 0 Å². The molecule has 9 rings (SSSR count). The average Bonchev–Trinajstić information content (AvgIpc) is 3.07. The molecule has 42 heavy (non-hydrogen) atoms. The van der Waals surface area contributed by atoms with Crippen LogP contribution in [0.2, 0.25) is 0 Å². The number of fused-ring (bicyclic) bond motifs is 9. The standard InChI is InChI=1S/C39H25N3/c1-2-14-30-28(10-1)24-35(32-16-4-3-15-31(30)32)41-22-9-13-29-25-36(33-17-5-6-18-34(33)38(29)41)42-23-8-12-27-20-19-26-11-7-21-40-37(26)39(27)42/h1-25H/q+2. The highest BCUT2D eigenvalue weighted by Crippen LogP contribution is 2.33. The molecule has 0 saturated carbocycles. The lowest BCUT2D eigenvalue weighted by Crippen LogP contribution is -2.34. The van der Waals surface area contributed by atoms with E-state index in [4.69, 9.17) is 4.98 Å². The third-order valence-electron chi connectivity index (χ3n) is 8.57. The van der Waals surface area contributed by atoms with E-state index < -0.39 is 0 Å². The van der Waals surface area contributed by atoms with Crippen LogP contribution in [-0.4, -0.2) is 4.98 Å². The average molecular weight is 536 g/mol. The van der Waals surface area contributed by atoms with Crippen LogP contribution < -0.4 is 9.13 Å². The molecule has 0 aliphatic heterocycles. The van der Waals surface area contributed by atoms with Crippen molar-refractivity contribution < 1.29 is 9.13 Å². The molecule has 0 aliphatic carbocycles. The van der Waals surface area contributed by atoms with Crippen molar-refractivity contribution in [2.45, 2.75) is 0 Å². The van der Waals surface area contributed by atoms with Crippen molar-refractivity contribution in [2.75, 3.05) is 0 Å². The Morgan fingerprint density at radius 3 is 1.74 bits per heavy atom. The molecule has 3 nitrogen and oxygen atoms in total. The van der Waals surface area contributed by atoms with Crippen LogP contribution in [0.25, 0.3) is 76.4 Å². The minimum atomic E-state index is 1.01. The molecule has 3 heterocycles. The van der Waals surface area contributed by atoms with Crippen LogP contribution in [0, 0.1) is 0 Å². The third kappa shape index (κ3) is 3.31. The minimum absolute atomic E-state index is 1.01. The van der Waals surface area contributed by atoms with Crippen LogP contribution in [0.15, 0.2) is 152 Å². The highest BCUT2D eigenvalue weighted by Gasteiger charge is 2.25. The number of hydrogen-bond donors (Lipinski definition) is 0. The van der Waals surface area contributed by atoms with Gasteiger partial charge in [-0.1, -0.05) is 66.7 Å². The quantitative estimate of drug-likeness (QED) is 0.160. The monoisotopic (exact) mass is 535 g/mol. The van der Waals surface area contributed by atoms with E-state index in [0.717, 1.165) is 22.1 Å². The minimum Gasteiger partial charge on any atom is -0.249 e. The van der Waals surface area contributed by atoms with Gasteiger partial charge in [-0.3, -0.25) is 0 Å². The van der Waals surface area contributed by atoms with Gasteiger partial charge >= 0.3 is 0 Å². The zero-order chi connectivity index (χ0) is 27.6. The first kappa shape index (κ1) is 23.1. The van der Waals surface area contributed by atoms with Gasteiger partial charge in [-0.15, -0.1) is 0 Å². The predicted octanol–water partition coefficient (Wildman–Crippen LogP) is 8.55. The van der Waals surface area contributed by atoms with E-state index in [1.807, 2.05) is 12.3 Å². The summed E-state index contributed by atoms with van der Waals surface area (Å²) in [6, 6.07) is 48.0. The van der Waals surface area contributed by atoms with Crippen LogP contribution in [0.3, 0.4) is 0 Å². The Balaban J connectivity index is 1.41. The Kier molecular flexibility index (Phi) is 4.90. The van der Waals surface area contributed by atoms with Gasteiger partial charge in [-0.2, -0.15) is 9.13 Å². The van der Waals surface area contributed by atoms with Gasteiger partial charge in [0, 0.05) is 41.2 Å². The first-order chi connectivity index (χ1) is 20.8. The normalized spacial score (nSPS) is 11.8. The fourth-order valence-corrected chi connectivity index (χ4v) is 6.74. The summed E-state index contributed by atoms with van der Waals surface area (Å²) in [5.41, 5.74) is 5.64. The molecular weight excluding hydrogens is 510 g/mol. The van der Waals surface area contributed by atoms with Crippen LogP contribution in [-0.2, 0) is 0 Å². The number of hydrogen-bond acceptors (Lipinski definition) is 1. The van der Waals surface area contributed by atoms with Gasteiger partial charge in [0.1, 0.15) is 5.52 Å². The molecule has 3 aromatic heterocycles. The van der Waals surface area contributed by atoms with E-state index in [1.54, 1.807) is 0 Å². The lowest BCUT2D eigenvalue weighted by Gasteiger charge is -2.11. The SMILES string of the molecule is c1ccc2c(c1)cc(-[n+]1cccc3cc(-[n+]4cccc5ccc6cccnc6c54)c4ccccc4c31)c1ccccc12. The summed E-state index contributed by atoms with van der Waals surface area (Å²) < 4.78 is 4.69. The summed E-state index contributed by atoms with van der Waals surface area (Å²) in [5, 5.41) is 10.9. The van der Waals surface area contributed by atoms with E-state index in [0.29, 0.717) is 0 Å². The fourth-order valence-electron chi connectivity index (χ4n) is 6.74. The molecule has 6 aromatic carbocycles. The Morgan fingerprint density at radius 2 is 0.929 bits per heavy atom. The maximum Gasteiger partial charge on any atom is 0.244 e. The van der Waals surface area contributed by atoms with Gasteiger partial charge < -0.3 is 0 Å². The second kappa shape index (κ2) is 8.92. The van der Waals surface area contributed by atoms with Gasteiger partial charge in [0.25, 0.3) is 0 Å². The summed E-state index contributed by atoms with van der Waals surface area (Å²) >= 11 is 0. The molecule has 0 aliphatic rings. The van der Waals surface area contributed by atoms with Crippen molar-refractivity contribution in [3.8, 4) is 11.4 Å². The van der Waals surface area contributed by atoms with Crippen molar-refractivity contribution in [1.82, 2.24) is 4.98 Å². The molecule has 0 atom stereocenters. The van der Waals surface area contributed by atoms with Crippen LogP contribution >= 0.6 is 0 Å². The summed E-state index contributed by atoms with van der Waals surface area (Å²) in [5.74, 6) is 0. The van der Waals surface area contributed by atoms with Crippen LogP contribution in [0.5, 0.6) is 0 Å². The molecule has 0 bridgehead atoms. The lowest BCUT2D eigenvalue weighted by atomic mass is 9.99. The summed E-state index contributed by atoms with van der Waals surface area (Å²) in [6.45, 7) is 0. The second-order valence-corrected chi connectivity index (χ2v) is 10.9. The number of benzene rings is 6. The first-order valence-electron chi connectivity index (χ1n) is 14.3. The van der Waals surface area contributed by atoms with Crippen molar-refractivity contribution in [1.29, 1.82) is 0 Å². The molecule has 0 spiro atoms. The second-order valence-electron chi connectivity index (χ2n) is 10.9. The van der Waals surface area contributed by atoms with Crippen molar-refractivity contribution in [2.24, 2.45) is 0 Å². The number of rotatable bonds is 2. The number of aromatic nitrogens is 3. The molecule has 3 heteroatoms. The van der Waals surface area contributed by atoms with E-state index in [-0.39, 0.29) is 0 Å². The molecule has 0 saturated heterocycles.